The van der Waals surface area contributed by atoms with E-state index in [1.807, 2.05) is 6.92 Å². The lowest BCUT2D eigenvalue weighted by atomic mass is 10.1. The highest BCUT2D eigenvalue weighted by Gasteiger charge is 2.35. The van der Waals surface area contributed by atoms with Crippen molar-refractivity contribution in [3.63, 3.8) is 0 Å². The molecule has 3 aromatic carbocycles. The molecule has 0 saturated heterocycles. The molecule has 1 unspecified atom stereocenters. The fraction of sp³-hybridized carbons (Fsp3) is 0.375. The molecular weight excluding hydrogens is 625 g/mol. The molecule has 1 atom stereocenters. The Morgan fingerprint density at radius 2 is 1.64 bits per heavy atom. The lowest BCUT2D eigenvalue weighted by Gasteiger charge is -2.34. The van der Waals surface area contributed by atoms with Crippen LogP contribution in [0.2, 0.25) is 10.0 Å². The van der Waals surface area contributed by atoms with E-state index in [-0.39, 0.29) is 34.8 Å². The number of para-hydroxylation sites is 2. The maximum Gasteiger partial charge on any atom is 0.264 e. The number of amides is 2. The molecule has 1 N–H and O–H groups in total. The zero-order valence-electron chi connectivity index (χ0n) is 25.0. The SMILES string of the molecule is CCC(C(=O)NC1CCCC1)N(Cc1ccc(Cl)c(Cl)c1)C(=O)CN(c1ccccc1OC)S(=O)(=O)c1ccc(OC)cc1. The van der Waals surface area contributed by atoms with Crippen molar-refractivity contribution in [3.05, 3.63) is 82.3 Å². The molecule has 44 heavy (non-hydrogen) atoms. The van der Waals surface area contributed by atoms with Gasteiger partial charge in [0.1, 0.15) is 24.1 Å². The highest BCUT2D eigenvalue weighted by atomic mass is 35.5. The van der Waals surface area contributed by atoms with Crippen LogP contribution in [0.15, 0.2) is 71.6 Å². The average molecular weight is 663 g/mol. The second-order valence-electron chi connectivity index (χ2n) is 10.5. The topological polar surface area (TPSA) is 105 Å². The van der Waals surface area contributed by atoms with Gasteiger partial charge in [0.25, 0.3) is 10.0 Å². The Bertz CT molecular complexity index is 1560. The summed E-state index contributed by atoms with van der Waals surface area (Å²) in [5.41, 5.74) is 0.818. The maximum absolute atomic E-state index is 14.3. The number of methoxy groups -OCH3 is 2. The van der Waals surface area contributed by atoms with Gasteiger partial charge in [-0.2, -0.15) is 0 Å². The Kier molecular flexibility index (Phi) is 11.4. The highest BCUT2D eigenvalue weighted by Crippen LogP contribution is 2.33. The Balaban J connectivity index is 1.75. The van der Waals surface area contributed by atoms with Gasteiger partial charge in [-0.1, -0.05) is 61.2 Å². The first kappa shape index (κ1) is 33.4. The van der Waals surface area contributed by atoms with E-state index in [1.165, 1.54) is 43.4 Å². The monoisotopic (exact) mass is 661 g/mol. The van der Waals surface area contributed by atoms with Gasteiger partial charge in [0, 0.05) is 12.6 Å². The molecule has 0 aromatic heterocycles. The zero-order valence-corrected chi connectivity index (χ0v) is 27.3. The van der Waals surface area contributed by atoms with Crippen molar-refractivity contribution in [2.45, 2.75) is 62.6 Å². The summed E-state index contributed by atoms with van der Waals surface area (Å²) in [4.78, 5) is 29.3. The fourth-order valence-corrected chi connectivity index (χ4v) is 7.09. The van der Waals surface area contributed by atoms with Crippen molar-refractivity contribution in [1.82, 2.24) is 10.2 Å². The van der Waals surface area contributed by atoms with Gasteiger partial charge in [-0.25, -0.2) is 8.42 Å². The van der Waals surface area contributed by atoms with Crippen molar-refractivity contribution in [2.75, 3.05) is 25.1 Å². The van der Waals surface area contributed by atoms with E-state index in [4.69, 9.17) is 32.7 Å². The molecule has 3 aromatic rings. The fourth-order valence-electron chi connectivity index (χ4n) is 5.35. The summed E-state index contributed by atoms with van der Waals surface area (Å²) >= 11 is 12.4. The Morgan fingerprint density at radius 3 is 2.25 bits per heavy atom. The minimum atomic E-state index is -4.29. The summed E-state index contributed by atoms with van der Waals surface area (Å²) in [5.74, 6) is -0.114. The molecule has 0 bridgehead atoms. The first-order chi connectivity index (χ1) is 21.1. The second kappa shape index (κ2) is 15.0. The van der Waals surface area contributed by atoms with E-state index >= 15 is 0 Å². The summed E-state index contributed by atoms with van der Waals surface area (Å²) in [6.45, 7) is 1.23. The summed E-state index contributed by atoms with van der Waals surface area (Å²) in [6.07, 6.45) is 4.14. The summed E-state index contributed by atoms with van der Waals surface area (Å²) in [5, 5.41) is 3.76. The minimum absolute atomic E-state index is 0.00859. The molecule has 236 valence electrons. The number of nitrogens with zero attached hydrogens (tertiary/aromatic N) is 2. The van der Waals surface area contributed by atoms with Crippen LogP contribution in [0.25, 0.3) is 0 Å². The van der Waals surface area contributed by atoms with Gasteiger partial charge in [-0.3, -0.25) is 13.9 Å². The first-order valence-corrected chi connectivity index (χ1v) is 16.6. The first-order valence-electron chi connectivity index (χ1n) is 14.4. The molecule has 1 aliphatic carbocycles. The Hall–Kier alpha value is -3.47. The van der Waals surface area contributed by atoms with Crippen LogP contribution in [0, 0.1) is 0 Å². The number of carbonyl (C=O) groups excluding carboxylic acids is 2. The Morgan fingerprint density at radius 1 is 0.955 bits per heavy atom. The van der Waals surface area contributed by atoms with E-state index in [1.54, 1.807) is 42.5 Å². The molecule has 12 heteroatoms. The van der Waals surface area contributed by atoms with E-state index in [9.17, 15) is 18.0 Å². The number of sulfonamides is 1. The van der Waals surface area contributed by atoms with Crippen LogP contribution in [0.3, 0.4) is 0 Å². The van der Waals surface area contributed by atoms with Gasteiger partial charge < -0.3 is 19.7 Å². The van der Waals surface area contributed by atoms with E-state index < -0.39 is 28.5 Å². The van der Waals surface area contributed by atoms with Gasteiger partial charge in [-0.05, 0) is 73.4 Å². The lowest BCUT2D eigenvalue weighted by molar-refractivity contribution is -0.140. The van der Waals surface area contributed by atoms with Crippen molar-refractivity contribution in [2.24, 2.45) is 0 Å². The maximum atomic E-state index is 14.3. The average Bonchev–Trinajstić information content (AvgIpc) is 3.54. The standard InChI is InChI=1S/C32H37Cl2N3O6S/c1-4-28(32(39)35-23-9-5-6-10-23)36(20-22-13-18-26(33)27(34)19-22)31(38)21-37(29-11-7-8-12-30(29)43-3)44(40,41)25-16-14-24(42-2)15-17-25/h7-8,11-19,23,28H,4-6,9-10,20-21H2,1-3H3,(H,35,39). The number of benzene rings is 3. The number of ether oxygens (including phenoxy) is 2. The summed E-state index contributed by atoms with van der Waals surface area (Å²) in [6, 6.07) is 16.6. The van der Waals surface area contributed by atoms with Gasteiger partial charge in [0.05, 0.1) is 34.8 Å². The normalized spacial score (nSPS) is 14.1. The molecule has 0 aliphatic heterocycles. The third kappa shape index (κ3) is 7.78. The Labute approximate surface area is 269 Å². The molecule has 0 heterocycles. The predicted octanol–water partition coefficient (Wildman–Crippen LogP) is 6.07. The van der Waals surface area contributed by atoms with Crippen LogP contribution >= 0.6 is 23.2 Å². The number of carbonyl (C=O) groups is 2. The molecule has 0 radical (unpaired) electrons. The second-order valence-corrected chi connectivity index (χ2v) is 13.2. The largest absolute Gasteiger partial charge is 0.497 e. The van der Waals surface area contributed by atoms with Crippen LogP contribution in [0.4, 0.5) is 5.69 Å². The number of nitrogens with one attached hydrogen (secondary N) is 1. The summed E-state index contributed by atoms with van der Waals surface area (Å²) in [7, 11) is -1.37. The van der Waals surface area contributed by atoms with Crippen molar-refractivity contribution in [3.8, 4) is 11.5 Å². The molecule has 1 aliphatic rings. The van der Waals surface area contributed by atoms with E-state index in [0.717, 1.165) is 30.0 Å². The van der Waals surface area contributed by atoms with Gasteiger partial charge in [0.2, 0.25) is 11.8 Å². The van der Waals surface area contributed by atoms with Crippen LogP contribution in [-0.2, 0) is 26.2 Å². The molecule has 4 rings (SSSR count). The van der Waals surface area contributed by atoms with Crippen molar-refractivity contribution in [1.29, 1.82) is 0 Å². The lowest BCUT2D eigenvalue weighted by Crippen LogP contribution is -2.53. The molecule has 0 spiro atoms. The molecule has 1 fully saturated rings. The van der Waals surface area contributed by atoms with Crippen LogP contribution in [0.1, 0.15) is 44.6 Å². The number of halogens is 2. The van der Waals surface area contributed by atoms with E-state index in [0.29, 0.717) is 27.8 Å². The van der Waals surface area contributed by atoms with Crippen molar-refractivity contribution < 1.29 is 27.5 Å². The molecule has 9 nitrogen and oxygen atoms in total. The minimum Gasteiger partial charge on any atom is -0.497 e. The van der Waals surface area contributed by atoms with E-state index in [2.05, 4.69) is 5.32 Å². The summed E-state index contributed by atoms with van der Waals surface area (Å²) < 4.78 is 40.0. The van der Waals surface area contributed by atoms with Crippen LogP contribution in [-0.4, -0.2) is 58.0 Å². The van der Waals surface area contributed by atoms with Crippen LogP contribution in [0.5, 0.6) is 11.5 Å². The van der Waals surface area contributed by atoms with Crippen LogP contribution < -0.4 is 19.1 Å². The number of rotatable bonds is 13. The van der Waals surface area contributed by atoms with Gasteiger partial charge in [-0.15, -0.1) is 0 Å². The molecule has 2 amide bonds. The van der Waals surface area contributed by atoms with Gasteiger partial charge in [0.15, 0.2) is 0 Å². The molecular formula is C32H37Cl2N3O6S. The predicted molar refractivity (Wildman–Crippen MR) is 172 cm³/mol. The number of anilines is 1. The quantitative estimate of drug-likeness (QED) is 0.238. The molecule has 1 saturated carbocycles. The smallest absolute Gasteiger partial charge is 0.264 e. The number of hydrogen-bond acceptors (Lipinski definition) is 6. The zero-order chi connectivity index (χ0) is 31.9. The number of hydrogen-bond donors (Lipinski definition) is 1. The van der Waals surface area contributed by atoms with Crippen molar-refractivity contribution >= 4 is 50.7 Å². The third-order valence-electron chi connectivity index (χ3n) is 7.70. The third-order valence-corrected chi connectivity index (χ3v) is 10.2. The highest BCUT2D eigenvalue weighted by molar-refractivity contribution is 7.92. The van der Waals surface area contributed by atoms with Gasteiger partial charge >= 0.3 is 0 Å².